The number of carbonyl (C=O) groups is 2. The van der Waals surface area contributed by atoms with Gasteiger partial charge in [0.15, 0.2) is 11.6 Å². The van der Waals surface area contributed by atoms with Crippen LogP contribution in [0, 0.1) is 17.3 Å². The quantitative estimate of drug-likeness (QED) is 0.653. The van der Waals surface area contributed by atoms with Gasteiger partial charge in [0, 0.05) is 23.0 Å². The van der Waals surface area contributed by atoms with E-state index in [4.69, 9.17) is 4.74 Å². The van der Waals surface area contributed by atoms with Gasteiger partial charge in [-0.2, -0.15) is 0 Å². The first-order valence-electron chi connectivity index (χ1n) is 9.17. The first-order chi connectivity index (χ1) is 12.0. The number of aromatic hydroxyl groups is 1. The molecule has 132 valence electrons. The Bertz CT molecular complexity index is 778. The molecule has 0 aliphatic heterocycles. The summed E-state index contributed by atoms with van der Waals surface area (Å²) in [4.78, 5) is 25.6. The second kappa shape index (κ2) is 5.72. The number of Topliss-reactive ketones (excluding diaryl/α,β-unsaturated/α-hetero) is 2. The van der Waals surface area contributed by atoms with E-state index in [9.17, 15) is 14.7 Å². The highest BCUT2D eigenvalue weighted by Gasteiger charge is 2.57. The zero-order valence-corrected chi connectivity index (χ0v) is 14.7. The molecule has 0 radical (unpaired) electrons. The average Bonchev–Trinajstić information content (AvgIpc) is 2.85. The summed E-state index contributed by atoms with van der Waals surface area (Å²) in [7, 11) is 0. The summed E-state index contributed by atoms with van der Waals surface area (Å²) >= 11 is 0. The highest BCUT2D eigenvalue weighted by atomic mass is 16.5. The fourth-order valence-electron chi connectivity index (χ4n) is 5.35. The molecule has 4 rings (SSSR count). The molecular formula is C21H24O4. The molecule has 0 spiro atoms. The van der Waals surface area contributed by atoms with Crippen LogP contribution in [0.15, 0.2) is 30.0 Å². The van der Waals surface area contributed by atoms with Crippen LogP contribution in [0.5, 0.6) is 5.75 Å². The molecule has 0 saturated heterocycles. The monoisotopic (exact) mass is 340 g/mol. The smallest absolute Gasteiger partial charge is 0.168 e. The van der Waals surface area contributed by atoms with E-state index >= 15 is 0 Å². The van der Waals surface area contributed by atoms with Gasteiger partial charge in [-0.1, -0.05) is 13.0 Å². The summed E-state index contributed by atoms with van der Waals surface area (Å²) < 4.78 is 5.39. The molecule has 25 heavy (non-hydrogen) atoms. The molecule has 4 heteroatoms. The SMILES string of the molecule is CCO/C=C1\C[C@H]2[C@@H]3CC(=O)c4cc(O)ccc4[C@H]3CC[C@]2(C)C1=O. The predicted molar refractivity (Wildman–Crippen MR) is 93.4 cm³/mol. The summed E-state index contributed by atoms with van der Waals surface area (Å²) in [5.74, 6) is 1.12. The average molecular weight is 340 g/mol. The lowest BCUT2D eigenvalue weighted by molar-refractivity contribution is -0.127. The Morgan fingerprint density at radius 1 is 1.32 bits per heavy atom. The fourth-order valence-corrected chi connectivity index (χ4v) is 5.35. The van der Waals surface area contributed by atoms with E-state index in [0.717, 1.165) is 24.0 Å². The van der Waals surface area contributed by atoms with Crippen molar-refractivity contribution < 1.29 is 19.4 Å². The third-order valence-electron chi connectivity index (χ3n) is 6.63. The molecule has 0 aromatic heterocycles. The lowest BCUT2D eigenvalue weighted by Gasteiger charge is -2.47. The van der Waals surface area contributed by atoms with Crippen molar-refractivity contribution in [2.45, 2.75) is 45.4 Å². The predicted octanol–water partition coefficient (Wildman–Crippen LogP) is 3.99. The fraction of sp³-hybridized carbons (Fsp3) is 0.524. The van der Waals surface area contributed by atoms with Gasteiger partial charge >= 0.3 is 0 Å². The number of phenols is 1. The molecule has 2 fully saturated rings. The zero-order valence-electron chi connectivity index (χ0n) is 14.7. The Labute approximate surface area is 147 Å². The molecule has 3 aliphatic carbocycles. The summed E-state index contributed by atoms with van der Waals surface area (Å²) in [6, 6.07) is 5.17. The van der Waals surface area contributed by atoms with E-state index in [1.807, 2.05) is 13.0 Å². The summed E-state index contributed by atoms with van der Waals surface area (Å²) in [5.41, 5.74) is 2.12. The minimum Gasteiger partial charge on any atom is -0.508 e. The number of ether oxygens (including phenoxy) is 1. The van der Waals surface area contributed by atoms with Crippen molar-refractivity contribution >= 4 is 11.6 Å². The lowest BCUT2D eigenvalue weighted by Crippen LogP contribution is -2.43. The number of allylic oxidation sites excluding steroid dienone is 1. The van der Waals surface area contributed by atoms with Gasteiger partial charge in [-0.15, -0.1) is 0 Å². The Hall–Kier alpha value is -2.10. The molecule has 1 aromatic carbocycles. The van der Waals surface area contributed by atoms with Crippen LogP contribution in [-0.2, 0) is 9.53 Å². The van der Waals surface area contributed by atoms with Gasteiger partial charge in [0.2, 0.25) is 0 Å². The molecule has 0 heterocycles. The lowest BCUT2D eigenvalue weighted by atomic mass is 9.55. The second-order valence-corrected chi connectivity index (χ2v) is 7.86. The van der Waals surface area contributed by atoms with Gasteiger partial charge in [0.1, 0.15) is 5.75 Å². The molecule has 3 aliphatic rings. The van der Waals surface area contributed by atoms with Gasteiger partial charge in [0.05, 0.1) is 12.9 Å². The van der Waals surface area contributed by atoms with Crippen molar-refractivity contribution in [1.82, 2.24) is 0 Å². The Morgan fingerprint density at radius 2 is 2.12 bits per heavy atom. The number of ketones is 2. The molecule has 4 nitrogen and oxygen atoms in total. The second-order valence-electron chi connectivity index (χ2n) is 7.86. The van der Waals surface area contributed by atoms with Crippen LogP contribution in [0.4, 0.5) is 0 Å². The Morgan fingerprint density at radius 3 is 2.88 bits per heavy atom. The van der Waals surface area contributed by atoms with Crippen molar-refractivity contribution in [3.63, 3.8) is 0 Å². The van der Waals surface area contributed by atoms with E-state index < -0.39 is 0 Å². The van der Waals surface area contributed by atoms with Crippen LogP contribution < -0.4 is 0 Å². The summed E-state index contributed by atoms with van der Waals surface area (Å²) in [6.45, 7) is 4.53. The number of hydrogen-bond donors (Lipinski definition) is 1. The standard InChI is InChI=1S/C21H24O4/c1-3-25-11-12-8-18-16-10-19(23)17-9-13(22)4-5-14(17)15(16)6-7-21(18,2)20(12)24/h4-5,9,11,15-16,18,22H,3,6-8,10H2,1-2H3/b12-11+/t15-,16-,18+,21+/m1/s1. The molecule has 2 saturated carbocycles. The highest BCUT2D eigenvalue weighted by Crippen LogP contribution is 2.60. The molecule has 0 amide bonds. The normalized spacial score (nSPS) is 35.3. The van der Waals surface area contributed by atoms with Gasteiger partial charge in [-0.05, 0) is 61.6 Å². The molecule has 4 atom stereocenters. The van der Waals surface area contributed by atoms with Gasteiger partial charge in [0.25, 0.3) is 0 Å². The minimum atomic E-state index is -0.376. The van der Waals surface area contributed by atoms with Gasteiger partial charge in [-0.25, -0.2) is 0 Å². The van der Waals surface area contributed by atoms with E-state index in [0.29, 0.717) is 30.9 Å². The molecular weight excluding hydrogens is 316 g/mol. The molecule has 1 aromatic rings. The largest absolute Gasteiger partial charge is 0.508 e. The maximum atomic E-state index is 12.9. The van der Waals surface area contributed by atoms with Crippen molar-refractivity contribution in [2.75, 3.05) is 6.61 Å². The van der Waals surface area contributed by atoms with Crippen molar-refractivity contribution in [2.24, 2.45) is 17.3 Å². The van der Waals surface area contributed by atoms with Gasteiger partial charge in [-0.3, -0.25) is 9.59 Å². The first kappa shape index (κ1) is 16.4. The molecule has 0 unspecified atom stereocenters. The van der Waals surface area contributed by atoms with Crippen molar-refractivity contribution in [1.29, 1.82) is 0 Å². The molecule has 1 N–H and O–H groups in total. The van der Waals surface area contributed by atoms with Crippen LogP contribution >= 0.6 is 0 Å². The number of carbonyl (C=O) groups excluding carboxylic acids is 2. The third-order valence-corrected chi connectivity index (χ3v) is 6.63. The van der Waals surface area contributed by atoms with Crippen LogP contribution in [-0.4, -0.2) is 23.3 Å². The minimum absolute atomic E-state index is 0.0890. The number of benzene rings is 1. The summed E-state index contributed by atoms with van der Waals surface area (Å²) in [6.07, 6.45) is 4.57. The number of rotatable bonds is 2. The van der Waals surface area contributed by atoms with Crippen LogP contribution in [0.2, 0.25) is 0 Å². The third kappa shape index (κ3) is 2.34. The molecule has 0 bridgehead atoms. The summed E-state index contributed by atoms with van der Waals surface area (Å²) in [5, 5.41) is 9.73. The number of phenolic OH excluding ortho intramolecular Hbond substituents is 1. The number of fused-ring (bicyclic) bond motifs is 5. The van der Waals surface area contributed by atoms with Crippen LogP contribution in [0.3, 0.4) is 0 Å². The van der Waals surface area contributed by atoms with E-state index in [-0.39, 0.29) is 34.6 Å². The maximum absolute atomic E-state index is 12.9. The van der Waals surface area contributed by atoms with Crippen LogP contribution in [0.1, 0.15) is 61.4 Å². The van der Waals surface area contributed by atoms with Crippen LogP contribution in [0.25, 0.3) is 0 Å². The first-order valence-corrected chi connectivity index (χ1v) is 9.17. The topological polar surface area (TPSA) is 63.6 Å². The van der Waals surface area contributed by atoms with Crippen molar-refractivity contribution in [3.05, 3.63) is 41.2 Å². The maximum Gasteiger partial charge on any atom is 0.168 e. The van der Waals surface area contributed by atoms with E-state index in [1.165, 1.54) is 0 Å². The number of hydrogen-bond acceptors (Lipinski definition) is 4. The van der Waals surface area contributed by atoms with Crippen molar-refractivity contribution in [3.8, 4) is 5.75 Å². The van der Waals surface area contributed by atoms with E-state index in [1.54, 1.807) is 18.4 Å². The Kier molecular flexibility index (Phi) is 3.75. The van der Waals surface area contributed by atoms with Gasteiger partial charge < -0.3 is 9.84 Å². The zero-order chi connectivity index (χ0) is 17.8. The Balaban J connectivity index is 1.72. The highest BCUT2D eigenvalue weighted by molar-refractivity contribution is 6.03. The van der Waals surface area contributed by atoms with E-state index in [2.05, 4.69) is 6.92 Å².